The van der Waals surface area contributed by atoms with E-state index in [1.54, 1.807) is 6.92 Å². The Bertz CT molecular complexity index is 257. The highest BCUT2D eigenvalue weighted by Gasteiger charge is 2.21. The zero-order valence-electron chi connectivity index (χ0n) is 11.9. The van der Waals surface area contributed by atoms with Crippen molar-refractivity contribution in [2.45, 2.75) is 45.6 Å². The molecule has 0 aromatic rings. The number of carbonyl (C=O) groups is 1. The van der Waals surface area contributed by atoms with E-state index in [2.05, 4.69) is 6.92 Å². The molecule has 106 valence electrons. The summed E-state index contributed by atoms with van der Waals surface area (Å²) in [5.74, 6) is -0.380. The first-order valence-electron chi connectivity index (χ1n) is 7.03. The van der Waals surface area contributed by atoms with Crippen LogP contribution < -0.4 is 0 Å². The van der Waals surface area contributed by atoms with Gasteiger partial charge < -0.3 is 14.7 Å². The lowest BCUT2D eigenvalue weighted by Crippen LogP contribution is -2.33. The van der Waals surface area contributed by atoms with Crippen LogP contribution in [0.4, 0.5) is 0 Å². The zero-order valence-corrected chi connectivity index (χ0v) is 11.9. The standard InChI is InChI=1S/C14H27NO3/c1-11-6-4-5-7-13(11)18-9-8-15(3)10-12(2)14(16)17/h11-13H,4-10H2,1-3H3,(H,16,17). The van der Waals surface area contributed by atoms with Gasteiger partial charge in [-0.05, 0) is 25.8 Å². The topological polar surface area (TPSA) is 49.8 Å². The quantitative estimate of drug-likeness (QED) is 0.760. The molecule has 0 heterocycles. The van der Waals surface area contributed by atoms with E-state index in [1.165, 1.54) is 25.7 Å². The van der Waals surface area contributed by atoms with Crippen molar-refractivity contribution < 1.29 is 14.6 Å². The Morgan fingerprint density at radius 2 is 2.11 bits per heavy atom. The Morgan fingerprint density at radius 3 is 2.72 bits per heavy atom. The molecule has 1 saturated carbocycles. The first-order chi connectivity index (χ1) is 8.50. The lowest BCUT2D eigenvalue weighted by molar-refractivity contribution is -0.141. The molecule has 1 aliphatic carbocycles. The summed E-state index contributed by atoms with van der Waals surface area (Å²) in [6.07, 6.45) is 5.47. The summed E-state index contributed by atoms with van der Waals surface area (Å²) < 4.78 is 5.92. The number of hydrogen-bond acceptors (Lipinski definition) is 3. The van der Waals surface area contributed by atoms with Crippen molar-refractivity contribution in [1.29, 1.82) is 0 Å². The first-order valence-corrected chi connectivity index (χ1v) is 7.03. The van der Waals surface area contributed by atoms with Gasteiger partial charge in [-0.3, -0.25) is 4.79 Å². The van der Waals surface area contributed by atoms with Gasteiger partial charge in [0.2, 0.25) is 0 Å². The van der Waals surface area contributed by atoms with Gasteiger partial charge in [-0.15, -0.1) is 0 Å². The second-order valence-electron chi connectivity index (χ2n) is 5.67. The molecule has 1 rings (SSSR count). The summed E-state index contributed by atoms with van der Waals surface area (Å²) in [5.41, 5.74) is 0. The summed E-state index contributed by atoms with van der Waals surface area (Å²) in [6, 6.07) is 0. The molecular weight excluding hydrogens is 230 g/mol. The highest BCUT2D eigenvalue weighted by atomic mass is 16.5. The predicted molar refractivity (Wildman–Crippen MR) is 71.7 cm³/mol. The number of ether oxygens (including phenoxy) is 1. The number of aliphatic carboxylic acids is 1. The molecule has 1 fully saturated rings. The summed E-state index contributed by atoms with van der Waals surface area (Å²) in [4.78, 5) is 12.8. The van der Waals surface area contributed by atoms with Gasteiger partial charge in [0, 0.05) is 13.1 Å². The highest BCUT2D eigenvalue weighted by Crippen LogP contribution is 2.26. The molecule has 1 N–H and O–H groups in total. The lowest BCUT2D eigenvalue weighted by atomic mass is 9.88. The largest absolute Gasteiger partial charge is 0.481 e. The molecule has 0 saturated heterocycles. The second kappa shape index (κ2) is 7.74. The van der Waals surface area contributed by atoms with E-state index < -0.39 is 5.97 Å². The van der Waals surface area contributed by atoms with E-state index in [9.17, 15) is 4.79 Å². The second-order valence-corrected chi connectivity index (χ2v) is 5.67. The third-order valence-electron chi connectivity index (χ3n) is 3.84. The molecule has 0 amide bonds. The molecule has 0 radical (unpaired) electrons. The normalized spacial score (nSPS) is 26.2. The van der Waals surface area contributed by atoms with Crippen LogP contribution in [0.25, 0.3) is 0 Å². The maximum Gasteiger partial charge on any atom is 0.307 e. The van der Waals surface area contributed by atoms with Crippen LogP contribution in [0.15, 0.2) is 0 Å². The predicted octanol–water partition coefficient (Wildman–Crippen LogP) is 2.23. The van der Waals surface area contributed by atoms with Crippen LogP contribution in [0.2, 0.25) is 0 Å². The molecule has 3 atom stereocenters. The average molecular weight is 257 g/mol. The Hall–Kier alpha value is -0.610. The summed E-state index contributed by atoms with van der Waals surface area (Å²) in [5, 5.41) is 8.84. The number of nitrogens with zero attached hydrogens (tertiary/aromatic N) is 1. The third-order valence-corrected chi connectivity index (χ3v) is 3.84. The van der Waals surface area contributed by atoms with E-state index in [-0.39, 0.29) is 5.92 Å². The minimum absolute atomic E-state index is 0.316. The monoisotopic (exact) mass is 257 g/mol. The summed E-state index contributed by atoms with van der Waals surface area (Å²) >= 11 is 0. The van der Waals surface area contributed by atoms with Crippen molar-refractivity contribution in [2.75, 3.05) is 26.7 Å². The molecule has 18 heavy (non-hydrogen) atoms. The highest BCUT2D eigenvalue weighted by molar-refractivity contribution is 5.69. The fourth-order valence-electron chi connectivity index (χ4n) is 2.53. The molecule has 1 aliphatic rings. The van der Waals surface area contributed by atoms with E-state index in [0.29, 0.717) is 25.2 Å². The lowest BCUT2D eigenvalue weighted by Gasteiger charge is -2.29. The van der Waals surface area contributed by atoms with Crippen LogP contribution in [0.1, 0.15) is 39.5 Å². The molecule has 0 bridgehead atoms. The molecule has 4 nitrogen and oxygen atoms in total. The molecule has 4 heteroatoms. The Morgan fingerprint density at radius 1 is 1.44 bits per heavy atom. The summed E-state index contributed by atoms with van der Waals surface area (Å²) in [6.45, 7) is 6.10. The van der Waals surface area contributed by atoms with Gasteiger partial charge in [-0.2, -0.15) is 0 Å². The minimum atomic E-state index is -0.733. The number of carboxylic acid groups (broad SMARTS) is 1. The molecule has 0 spiro atoms. The number of rotatable bonds is 7. The maximum absolute atomic E-state index is 10.7. The van der Waals surface area contributed by atoms with Crippen LogP contribution in [-0.4, -0.2) is 48.8 Å². The fourth-order valence-corrected chi connectivity index (χ4v) is 2.53. The van der Waals surface area contributed by atoms with Crippen molar-refractivity contribution >= 4 is 5.97 Å². The third kappa shape index (κ3) is 5.36. The Labute approximate surface area is 110 Å². The van der Waals surface area contributed by atoms with Crippen LogP contribution in [-0.2, 0) is 9.53 Å². The van der Waals surface area contributed by atoms with Gasteiger partial charge in [0.15, 0.2) is 0 Å². The van der Waals surface area contributed by atoms with Crippen molar-refractivity contribution in [3.63, 3.8) is 0 Å². The molecular formula is C14H27NO3. The van der Waals surface area contributed by atoms with Crippen molar-refractivity contribution in [1.82, 2.24) is 4.90 Å². The maximum atomic E-state index is 10.7. The van der Waals surface area contributed by atoms with Crippen molar-refractivity contribution in [3.05, 3.63) is 0 Å². The van der Waals surface area contributed by atoms with E-state index in [1.807, 2.05) is 11.9 Å². The smallest absolute Gasteiger partial charge is 0.307 e. The van der Waals surface area contributed by atoms with E-state index >= 15 is 0 Å². The van der Waals surface area contributed by atoms with Gasteiger partial charge in [0.1, 0.15) is 0 Å². The van der Waals surface area contributed by atoms with Crippen LogP contribution in [0, 0.1) is 11.8 Å². The van der Waals surface area contributed by atoms with Crippen molar-refractivity contribution in [2.24, 2.45) is 11.8 Å². The van der Waals surface area contributed by atoms with Gasteiger partial charge in [0.05, 0.1) is 18.6 Å². The Kier molecular flexibility index (Phi) is 6.65. The SMILES string of the molecule is CC(CN(C)CCOC1CCCCC1C)C(=O)O. The van der Waals surface area contributed by atoms with E-state index in [0.717, 1.165) is 6.54 Å². The van der Waals surface area contributed by atoms with Crippen molar-refractivity contribution in [3.8, 4) is 0 Å². The van der Waals surface area contributed by atoms with Crippen LogP contribution in [0.3, 0.4) is 0 Å². The van der Waals surface area contributed by atoms with E-state index in [4.69, 9.17) is 9.84 Å². The van der Waals surface area contributed by atoms with Gasteiger partial charge in [-0.25, -0.2) is 0 Å². The molecule has 0 aliphatic heterocycles. The fraction of sp³-hybridized carbons (Fsp3) is 0.929. The number of carboxylic acids is 1. The molecule has 0 aromatic heterocycles. The molecule has 0 aromatic carbocycles. The minimum Gasteiger partial charge on any atom is -0.481 e. The molecule has 3 unspecified atom stereocenters. The number of likely N-dealkylation sites (N-methyl/N-ethyl adjacent to an activating group) is 1. The first kappa shape index (κ1) is 15.4. The zero-order chi connectivity index (χ0) is 13.5. The van der Waals surface area contributed by atoms with Crippen LogP contribution >= 0.6 is 0 Å². The van der Waals surface area contributed by atoms with Gasteiger partial charge in [-0.1, -0.05) is 26.7 Å². The number of hydrogen-bond donors (Lipinski definition) is 1. The average Bonchev–Trinajstić information content (AvgIpc) is 2.31. The van der Waals surface area contributed by atoms with Crippen LogP contribution in [0.5, 0.6) is 0 Å². The Balaban J connectivity index is 2.14. The summed E-state index contributed by atoms with van der Waals surface area (Å²) in [7, 11) is 1.95. The van der Waals surface area contributed by atoms with Gasteiger partial charge >= 0.3 is 5.97 Å². The van der Waals surface area contributed by atoms with Gasteiger partial charge in [0.25, 0.3) is 0 Å².